The van der Waals surface area contributed by atoms with Gasteiger partial charge in [0.25, 0.3) is 0 Å². The maximum atomic E-state index is 13.3. The van der Waals surface area contributed by atoms with Gasteiger partial charge in [0, 0.05) is 13.2 Å². The van der Waals surface area contributed by atoms with Gasteiger partial charge in [0.05, 0.1) is 18.4 Å². The molecule has 8 heteroatoms. The molecule has 160 valence electrons. The van der Waals surface area contributed by atoms with Gasteiger partial charge in [-0.15, -0.1) is 0 Å². The molecular formula is C21H28F3N3O2. The average molecular weight is 411 g/mol. The molecule has 0 bridgehead atoms. The minimum Gasteiger partial charge on any atom is -0.489 e. The standard InChI is InChI=1S/C21H28F3N3O2/c1-5-6-7-10-13-28-19-16(21(22,23)24)14-25-20(26-19)27(4)17-11-8-9-12-18(17)29-15(2)3/h8-9,11-12,14-15H,5-7,10,13H2,1-4H3. The molecule has 2 aromatic rings. The van der Waals surface area contributed by atoms with Gasteiger partial charge in [0.2, 0.25) is 11.8 Å². The lowest BCUT2D eigenvalue weighted by Crippen LogP contribution is -2.18. The number of nitrogens with zero attached hydrogens (tertiary/aromatic N) is 3. The molecule has 0 saturated carbocycles. The Bertz CT molecular complexity index is 782. The quantitative estimate of drug-likeness (QED) is 0.448. The normalized spacial score (nSPS) is 11.6. The van der Waals surface area contributed by atoms with Gasteiger partial charge in [-0.05, 0) is 32.4 Å². The van der Waals surface area contributed by atoms with Crippen LogP contribution in [0.15, 0.2) is 30.5 Å². The van der Waals surface area contributed by atoms with Crippen molar-refractivity contribution in [1.82, 2.24) is 9.97 Å². The van der Waals surface area contributed by atoms with Gasteiger partial charge in [0.1, 0.15) is 11.3 Å². The fraction of sp³-hybridized carbons (Fsp3) is 0.524. The van der Waals surface area contributed by atoms with Crippen molar-refractivity contribution in [2.75, 3.05) is 18.6 Å². The molecule has 0 unspecified atom stereocenters. The maximum absolute atomic E-state index is 13.3. The zero-order chi connectivity index (χ0) is 21.4. The van der Waals surface area contributed by atoms with Crippen LogP contribution in [0.2, 0.25) is 0 Å². The van der Waals surface area contributed by atoms with Crippen LogP contribution in [0.5, 0.6) is 11.6 Å². The minimum absolute atomic E-state index is 0.0555. The van der Waals surface area contributed by atoms with Crippen molar-refractivity contribution in [3.63, 3.8) is 0 Å². The first-order chi connectivity index (χ1) is 13.7. The maximum Gasteiger partial charge on any atom is 0.423 e. The van der Waals surface area contributed by atoms with Crippen LogP contribution >= 0.6 is 0 Å². The average Bonchev–Trinajstić information content (AvgIpc) is 2.66. The Morgan fingerprint density at radius 1 is 1.10 bits per heavy atom. The Hall–Kier alpha value is -2.51. The number of hydrogen-bond acceptors (Lipinski definition) is 5. The number of alkyl halides is 3. The Balaban J connectivity index is 2.30. The first-order valence-electron chi connectivity index (χ1n) is 9.80. The van der Waals surface area contributed by atoms with Gasteiger partial charge in [0.15, 0.2) is 0 Å². The van der Waals surface area contributed by atoms with Crippen LogP contribution in [0.1, 0.15) is 52.0 Å². The molecule has 29 heavy (non-hydrogen) atoms. The molecule has 0 aliphatic rings. The third kappa shape index (κ3) is 6.51. The van der Waals surface area contributed by atoms with Gasteiger partial charge < -0.3 is 14.4 Å². The summed E-state index contributed by atoms with van der Waals surface area (Å²) in [5.41, 5.74) is -0.327. The summed E-state index contributed by atoms with van der Waals surface area (Å²) >= 11 is 0. The predicted octanol–water partition coefficient (Wildman–Crippen LogP) is 6.01. The molecule has 1 heterocycles. The van der Waals surface area contributed by atoms with Crippen LogP contribution in [-0.2, 0) is 6.18 Å². The topological polar surface area (TPSA) is 47.5 Å². The number of unbranched alkanes of at least 4 members (excludes halogenated alkanes) is 3. The highest BCUT2D eigenvalue weighted by atomic mass is 19.4. The molecule has 0 N–H and O–H groups in total. The molecule has 0 fully saturated rings. The van der Waals surface area contributed by atoms with E-state index in [1.165, 1.54) is 0 Å². The molecule has 0 aliphatic heterocycles. The van der Waals surface area contributed by atoms with Crippen LogP contribution in [0.3, 0.4) is 0 Å². The minimum atomic E-state index is -4.59. The molecule has 5 nitrogen and oxygen atoms in total. The van der Waals surface area contributed by atoms with Crippen LogP contribution in [0.25, 0.3) is 0 Å². The molecule has 2 rings (SSSR count). The van der Waals surface area contributed by atoms with Crippen LogP contribution in [0, 0.1) is 0 Å². The van der Waals surface area contributed by atoms with E-state index in [4.69, 9.17) is 9.47 Å². The molecule has 1 aromatic heterocycles. The van der Waals surface area contributed by atoms with Gasteiger partial charge in [-0.2, -0.15) is 18.2 Å². The van der Waals surface area contributed by atoms with Crippen molar-refractivity contribution >= 4 is 11.6 Å². The summed E-state index contributed by atoms with van der Waals surface area (Å²) in [7, 11) is 1.68. The zero-order valence-corrected chi connectivity index (χ0v) is 17.3. The molecule has 0 radical (unpaired) electrons. The van der Waals surface area contributed by atoms with E-state index in [2.05, 4.69) is 16.9 Å². The van der Waals surface area contributed by atoms with Crippen molar-refractivity contribution < 1.29 is 22.6 Å². The second-order valence-electron chi connectivity index (χ2n) is 6.99. The largest absolute Gasteiger partial charge is 0.489 e. The molecule has 0 aliphatic carbocycles. The Morgan fingerprint density at radius 2 is 1.83 bits per heavy atom. The summed E-state index contributed by atoms with van der Waals surface area (Å²) < 4.78 is 51.2. The number of rotatable bonds is 10. The van der Waals surface area contributed by atoms with Crippen LogP contribution < -0.4 is 14.4 Å². The van der Waals surface area contributed by atoms with Crippen molar-refractivity contribution in [2.24, 2.45) is 0 Å². The van der Waals surface area contributed by atoms with Crippen molar-refractivity contribution in [1.29, 1.82) is 0 Å². The summed E-state index contributed by atoms with van der Waals surface area (Å²) in [5, 5.41) is 0. The summed E-state index contributed by atoms with van der Waals surface area (Å²) in [4.78, 5) is 9.57. The van der Waals surface area contributed by atoms with E-state index in [1.807, 2.05) is 26.0 Å². The third-order valence-electron chi connectivity index (χ3n) is 4.17. The molecule has 0 saturated heterocycles. The lowest BCUT2D eigenvalue weighted by atomic mass is 10.2. The van der Waals surface area contributed by atoms with Crippen molar-refractivity contribution in [3.8, 4) is 11.6 Å². The molecular weight excluding hydrogens is 383 g/mol. The van der Waals surface area contributed by atoms with Gasteiger partial charge in [-0.25, -0.2) is 4.98 Å². The zero-order valence-electron chi connectivity index (χ0n) is 17.3. The smallest absolute Gasteiger partial charge is 0.423 e. The highest BCUT2D eigenvalue weighted by molar-refractivity contribution is 5.65. The molecule has 0 spiro atoms. The van der Waals surface area contributed by atoms with E-state index in [0.717, 1.165) is 25.5 Å². The van der Waals surface area contributed by atoms with E-state index in [0.29, 0.717) is 17.9 Å². The Labute approximate surface area is 169 Å². The van der Waals surface area contributed by atoms with E-state index >= 15 is 0 Å². The summed E-state index contributed by atoms with van der Waals surface area (Å²) in [6.07, 6.45) is -0.254. The van der Waals surface area contributed by atoms with E-state index in [1.54, 1.807) is 24.1 Å². The van der Waals surface area contributed by atoms with E-state index < -0.39 is 17.6 Å². The highest BCUT2D eigenvalue weighted by Gasteiger charge is 2.36. The fourth-order valence-corrected chi connectivity index (χ4v) is 2.72. The van der Waals surface area contributed by atoms with E-state index in [9.17, 15) is 13.2 Å². The third-order valence-corrected chi connectivity index (χ3v) is 4.17. The number of aromatic nitrogens is 2. The van der Waals surface area contributed by atoms with Gasteiger partial charge >= 0.3 is 6.18 Å². The van der Waals surface area contributed by atoms with Gasteiger partial charge in [-0.3, -0.25) is 0 Å². The van der Waals surface area contributed by atoms with Gasteiger partial charge in [-0.1, -0.05) is 38.3 Å². The Morgan fingerprint density at radius 3 is 2.48 bits per heavy atom. The molecule has 1 aromatic carbocycles. The second-order valence-corrected chi connectivity index (χ2v) is 6.99. The first kappa shape index (κ1) is 22.8. The number of halogens is 3. The summed E-state index contributed by atoms with van der Waals surface area (Å²) in [6.45, 7) is 6.04. The highest BCUT2D eigenvalue weighted by Crippen LogP contribution is 2.37. The van der Waals surface area contributed by atoms with Crippen LogP contribution in [0.4, 0.5) is 24.8 Å². The Kier molecular flexibility index (Phi) is 8.10. The first-order valence-corrected chi connectivity index (χ1v) is 9.80. The number of benzene rings is 1. The second kappa shape index (κ2) is 10.3. The number of ether oxygens (including phenoxy) is 2. The van der Waals surface area contributed by atoms with Crippen LogP contribution in [-0.4, -0.2) is 29.7 Å². The molecule has 0 atom stereocenters. The number of hydrogen-bond donors (Lipinski definition) is 0. The lowest BCUT2D eigenvalue weighted by molar-refractivity contribution is -0.139. The SMILES string of the molecule is CCCCCCOc1nc(N(C)c2ccccc2OC(C)C)ncc1C(F)(F)F. The summed E-state index contributed by atoms with van der Waals surface area (Å²) in [6, 6.07) is 7.23. The lowest BCUT2D eigenvalue weighted by Gasteiger charge is -2.23. The number of para-hydroxylation sites is 2. The fourth-order valence-electron chi connectivity index (χ4n) is 2.72. The summed E-state index contributed by atoms with van der Waals surface area (Å²) in [5.74, 6) is 0.241. The van der Waals surface area contributed by atoms with E-state index in [-0.39, 0.29) is 18.7 Å². The van der Waals surface area contributed by atoms with Crippen molar-refractivity contribution in [3.05, 3.63) is 36.0 Å². The monoisotopic (exact) mass is 411 g/mol. The van der Waals surface area contributed by atoms with Crippen molar-refractivity contribution in [2.45, 2.75) is 58.7 Å². The molecule has 0 amide bonds. The number of anilines is 2. The predicted molar refractivity (Wildman–Crippen MR) is 107 cm³/mol.